The molecule has 0 atom stereocenters. The molecule has 0 heterocycles. The zero-order valence-electron chi connectivity index (χ0n) is 12.8. The molecule has 0 aliphatic carbocycles. The molecule has 0 aliphatic rings. The number of hydrogen-bond acceptors (Lipinski definition) is 3. The van der Waals surface area contributed by atoms with Crippen LogP contribution < -0.4 is 0 Å². The van der Waals surface area contributed by atoms with E-state index >= 15 is 0 Å². The number of rotatable bonds is 10. The highest BCUT2D eigenvalue weighted by atomic mass is 35.5. The molecule has 0 amide bonds. The van der Waals surface area contributed by atoms with Crippen molar-refractivity contribution in [1.82, 2.24) is 0 Å². The monoisotopic (exact) mass is 338 g/mol. The van der Waals surface area contributed by atoms with Gasteiger partial charge in [-0.15, -0.1) is 11.6 Å². The summed E-state index contributed by atoms with van der Waals surface area (Å²) in [4.78, 5) is 0. The lowest BCUT2D eigenvalue weighted by Gasteiger charge is -2.28. The molecule has 19 heavy (non-hydrogen) atoms. The van der Waals surface area contributed by atoms with Gasteiger partial charge < -0.3 is 12.7 Å². The second-order valence-corrected chi connectivity index (χ2v) is 11.3. The molecular weight excluding hydrogens is 312 g/mol. The van der Waals surface area contributed by atoms with Crippen molar-refractivity contribution in [3.63, 3.8) is 0 Å². The molecule has 0 aliphatic heterocycles. The summed E-state index contributed by atoms with van der Waals surface area (Å²) in [6.45, 7) is 8.35. The van der Waals surface area contributed by atoms with Crippen LogP contribution in [0.2, 0.25) is 6.04 Å². The molecule has 0 aromatic rings. The molecule has 0 fully saturated rings. The Hall–Kier alpha value is 0.301. The average Bonchev–Trinajstić information content (AvgIpc) is 2.34. The number of hydrogen-bond donors (Lipinski definition) is 0. The van der Waals surface area contributed by atoms with E-state index in [2.05, 4.69) is 39.1 Å². The van der Waals surface area contributed by atoms with E-state index in [9.17, 15) is 0 Å². The van der Waals surface area contributed by atoms with E-state index < -0.39 is 28.3 Å². The van der Waals surface area contributed by atoms with Gasteiger partial charge in [0.2, 0.25) is 0 Å². The number of allylic oxidation sites excluding steroid dienone is 2. The molecule has 0 rings (SSSR count). The predicted octanol–water partition coefficient (Wildman–Crippen LogP) is 2.25. The van der Waals surface area contributed by atoms with E-state index in [1.165, 1.54) is 11.1 Å². The Morgan fingerprint density at radius 1 is 1.05 bits per heavy atom. The van der Waals surface area contributed by atoms with Gasteiger partial charge in [0, 0.05) is 19.0 Å². The molecule has 0 radical (unpaired) electrons. The minimum absolute atomic E-state index is 0.624. The Balaban J connectivity index is 4.56. The molecule has 0 saturated carbocycles. The van der Waals surface area contributed by atoms with Crippen molar-refractivity contribution in [3.05, 3.63) is 22.5 Å². The van der Waals surface area contributed by atoms with Gasteiger partial charge in [0.15, 0.2) is 19.5 Å². The van der Waals surface area contributed by atoms with Crippen molar-refractivity contribution < 1.29 is 12.7 Å². The molecular formula is C12H27ClO3Si3. The summed E-state index contributed by atoms with van der Waals surface area (Å²) in [5, 5.41) is 0. The van der Waals surface area contributed by atoms with E-state index in [0.29, 0.717) is 5.88 Å². The largest absolute Gasteiger partial charge is 0.479 e. The first-order chi connectivity index (χ1) is 8.95. The summed E-state index contributed by atoms with van der Waals surface area (Å²) in [6, 6.07) is 0.820. The average molecular weight is 339 g/mol. The van der Waals surface area contributed by atoms with Crippen molar-refractivity contribution in [1.29, 1.82) is 0 Å². The number of halogens is 1. The SMILES string of the molecule is CO[Si](CCCCl)(O[SiH2]C=C(C)C)O[SiH2]C=C(C)C. The maximum atomic E-state index is 6.08. The Labute approximate surface area is 128 Å². The van der Waals surface area contributed by atoms with Gasteiger partial charge in [-0.25, -0.2) is 0 Å². The first-order valence-electron chi connectivity index (χ1n) is 6.61. The van der Waals surface area contributed by atoms with Crippen LogP contribution in [0, 0.1) is 0 Å². The van der Waals surface area contributed by atoms with E-state index in [4.69, 9.17) is 24.3 Å². The van der Waals surface area contributed by atoms with Gasteiger partial charge in [-0.2, -0.15) is 0 Å². The van der Waals surface area contributed by atoms with Crippen LogP contribution in [0.25, 0.3) is 0 Å². The van der Waals surface area contributed by atoms with Crippen molar-refractivity contribution in [3.8, 4) is 0 Å². The van der Waals surface area contributed by atoms with Gasteiger partial charge in [-0.05, 0) is 34.1 Å². The van der Waals surface area contributed by atoms with E-state index in [1.54, 1.807) is 7.11 Å². The lowest BCUT2D eigenvalue weighted by molar-refractivity contribution is 0.214. The molecule has 7 heteroatoms. The molecule has 0 aromatic heterocycles. The summed E-state index contributed by atoms with van der Waals surface area (Å²) in [7, 11) is -2.21. The first-order valence-corrected chi connectivity index (χ1v) is 11.9. The van der Waals surface area contributed by atoms with Crippen LogP contribution in [0.5, 0.6) is 0 Å². The van der Waals surface area contributed by atoms with Gasteiger partial charge in [-0.3, -0.25) is 0 Å². The lowest BCUT2D eigenvalue weighted by atomic mass is 10.4. The van der Waals surface area contributed by atoms with Gasteiger partial charge in [0.25, 0.3) is 0 Å². The van der Waals surface area contributed by atoms with Gasteiger partial charge >= 0.3 is 8.80 Å². The molecule has 0 aromatic carbocycles. The third-order valence-electron chi connectivity index (χ3n) is 2.52. The quantitative estimate of drug-likeness (QED) is 0.451. The molecule has 112 valence electrons. The summed E-state index contributed by atoms with van der Waals surface area (Å²) < 4.78 is 17.8. The predicted molar refractivity (Wildman–Crippen MR) is 91.0 cm³/mol. The highest BCUT2D eigenvalue weighted by Crippen LogP contribution is 2.17. The maximum absolute atomic E-state index is 6.08. The van der Waals surface area contributed by atoms with Crippen LogP contribution in [0.4, 0.5) is 0 Å². The molecule has 0 bridgehead atoms. The van der Waals surface area contributed by atoms with Crippen LogP contribution in [0.1, 0.15) is 34.1 Å². The van der Waals surface area contributed by atoms with E-state index in [-0.39, 0.29) is 0 Å². The lowest BCUT2D eigenvalue weighted by Crippen LogP contribution is -2.46. The highest BCUT2D eigenvalue weighted by molar-refractivity contribution is 6.71. The molecule has 0 spiro atoms. The van der Waals surface area contributed by atoms with Gasteiger partial charge in [0.05, 0.1) is 0 Å². The fourth-order valence-corrected chi connectivity index (χ4v) is 9.08. The van der Waals surface area contributed by atoms with Crippen molar-refractivity contribution >= 4 is 39.9 Å². The fraction of sp³-hybridized carbons (Fsp3) is 0.667. The van der Waals surface area contributed by atoms with Crippen LogP contribution in [0.3, 0.4) is 0 Å². The normalized spacial score (nSPS) is 15.1. The van der Waals surface area contributed by atoms with Crippen molar-refractivity contribution in [2.75, 3.05) is 13.0 Å². The second-order valence-electron chi connectivity index (χ2n) is 4.86. The highest BCUT2D eigenvalue weighted by Gasteiger charge is 2.37. The maximum Gasteiger partial charge on any atom is 0.479 e. The third-order valence-corrected chi connectivity index (χ3v) is 11.2. The summed E-state index contributed by atoms with van der Waals surface area (Å²) >= 11 is 5.79. The molecule has 0 saturated heterocycles. The van der Waals surface area contributed by atoms with E-state index in [0.717, 1.165) is 12.5 Å². The van der Waals surface area contributed by atoms with E-state index in [1.807, 2.05) is 0 Å². The Morgan fingerprint density at radius 3 is 1.84 bits per heavy atom. The first kappa shape index (κ1) is 19.3. The van der Waals surface area contributed by atoms with Crippen LogP contribution in [0.15, 0.2) is 22.5 Å². The molecule has 0 N–H and O–H groups in total. The van der Waals surface area contributed by atoms with Crippen LogP contribution in [-0.2, 0) is 12.7 Å². The van der Waals surface area contributed by atoms with Crippen molar-refractivity contribution in [2.45, 2.75) is 40.2 Å². The Kier molecular flexibility index (Phi) is 11.2. The summed E-state index contributed by atoms with van der Waals surface area (Å²) in [5.74, 6) is 0.624. The zero-order valence-corrected chi connectivity index (χ0v) is 17.4. The zero-order chi connectivity index (χ0) is 14.7. The second kappa shape index (κ2) is 11.0. The van der Waals surface area contributed by atoms with Crippen molar-refractivity contribution in [2.24, 2.45) is 0 Å². The molecule has 0 unspecified atom stereocenters. The minimum Gasteiger partial charge on any atom is -0.418 e. The fourth-order valence-electron chi connectivity index (χ4n) is 1.36. The molecule has 3 nitrogen and oxygen atoms in total. The van der Waals surface area contributed by atoms with Gasteiger partial charge in [0.1, 0.15) is 0 Å². The number of alkyl halides is 1. The van der Waals surface area contributed by atoms with Crippen LogP contribution in [-0.4, -0.2) is 41.3 Å². The minimum atomic E-state index is -2.47. The third kappa shape index (κ3) is 9.78. The Morgan fingerprint density at radius 2 is 1.53 bits per heavy atom. The Bertz CT molecular complexity index is 279. The van der Waals surface area contributed by atoms with Gasteiger partial charge in [-0.1, -0.05) is 22.5 Å². The summed E-state index contributed by atoms with van der Waals surface area (Å²) in [6.07, 6.45) is 0.883. The summed E-state index contributed by atoms with van der Waals surface area (Å²) in [5.41, 5.74) is 6.97. The van der Waals surface area contributed by atoms with Crippen LogP contribution >= 0.6 is 11.6 Å². The smallest absolute Gasteiger partial charge is 0.418 e. The topological polar surface area (TPSA) is 27.7 Å². The standard InChI is InChI=1S/C12H27ClO3Si3/c1-11(2)9-17-15-19(14-5,8-6-7-13)16-18-10-12(3)4/h9-10H,6-8,17-18H2,1-5H3.